The highest BCUT2D eigenvalue weighted by atomic mass is 16.1. The van der Waals surface area contributed by atoms with E-state index in [1.165, 1.54) is 11.1 Å². The van der Waals surface area contributed by atoms with Gasteiger partial charge in [0.05, 0.1) is 6.04 Å². The molecule has 0 N–H and O–H groups in total. The van der Waals surface area contributed by atoms with E-state index in [0.29, 0.717) is 5.78 Å². The lowest BCUT2D eigenvalue weighted by molar-refractivity contribution is -0.132. The highest BCUT2D eigenvalue weighted by Crippen LogP contribution is 2.34. The van der Waals surface area contributed by atoms with E-state index in [9.17, 15) is 4.79 Å². The molecule has 0 saturated carbocycles. The summed E-state index contributed by atoms with van der Waals surface area (Å²) in [6, 6.07) is 8.26. The van der Waals surface area contributed by atoms with Gasteiger partial charge >= 0.3 is 0 Å². The molecule has 0 bridgehead atoms. The molecule has 2 heteroatoms. The van der Waals surface area contributed by atoms with Crippen LogP contribution in [-0.4, -0.2) is 24.3 Å². The molecule has 0 fully saturated rings. The lowest BCUT2D eigenvalue weighted by atomic mass is 9.80. The van der Waals surface area contributed by atoms with Crippen LogP contribution in [0, 0.1) is 5.41 Å². The molecule has 0 aliphatic carbocycles. The monoisotopic (exact) mass is 231 g/mol. The second-order valence-corrected chi connectivity index (χ2v) is 5.95. The molecule has 1 unspecified atom stereocenters. The average molecular weight is 231 g/mol. The number of ketones is 1. The third kappa shape index (κ3) is 2.27. The van der Waals surface area contributed by atoms with Gasteiger partial charge in [0.1, 0.15) is 0 Å². The van der Waals surface area contributed by atoms with E-state index in [1.807, 2.05) is 33.9 Å². The Hall–Kier alpha value is -1.15. The third-order valence-electron chi connectivity index (χ3n) is 3.51. The van der Waals surface area contributed by atoms with Crippen LogP contribution < -0.4 is 0 Å². The summed E-state index contributed by atoms with van der Waals surface area (Å²) in [5, 5.41) is 0. The minimum Gasteiger partial charge on any atom is -0.297 e. The summed E-state index contributed by atoms with van der Waals surface area (Å²) in [5.41, 5.74) is 2.23. The molecule has 1 heterocycles. The van der Waals surface area contributed by atoms with Crippen molar-refractivity contribution in [1.29, 1.82) is 0 Å². The van der Waals surface area contributed by atoms with Crippen LogP contribution in [0.1, 0.15) is 37.9 Å². The number of rotatable bonds is 1. The van der Waals surface area contributed by atoms with Gasteiger partial charge in [0, 0.05) is 12.0 Å². The lowest BCUT2D eigenvalue weighted by Crippen LogP contribution is -2.41. The summed E-state index contributed by atoms with van der Waals surface area (Å²) in [6.07, 6.45) is 1.04. The van der Waals surface area contributed by atoms with Gasteiger partial charge < -0.3 is 0 Å². The Morgan fingerprint density at radius 1 is 1.29 bits per heavy atom. The van der Waals surface area contributed by atoms with Crippen molar-refractivity contribution in [2.75, 3.05) is 13.6 Å². The minimum atomic E-state index is -0.288. The van der Waals surface area contributed by atoms with E-state index >= 15 is 0 Å². The summed E-state index contributed by atoms with van der Waals surface area (Å²) in [5.74, 6) is 0.312. The molecule has 1 aliphatic rings. The summed E-state index contributed by atoms with van der Waals surface area (Å²) in [6.45, 7) is 6.96. The fourth-order valence-electron chi connectivity index (χ4n) is 2.44. The Labute approximate surface area is 104 Å². The number of fused-ring (bicyclic) bond motifs is 1. The van der Waals surface area contributed by atoms with Crippen LogP contribution in [0.15, 0.2) is 24.3 Å². The SMILES string of the molecule is CN1CCc2ccccc2C1C(=O)C(C)(C)C. The molecule has 92 valence electrons. The number of Topliss-reactive ketones (excluding diaryl/α,β-unsaturated/α-hetero) is 1. The van der Waals surface area contributed by atoms with Crippen LogP contribution in [0.4, 0.5) is 0 Å². The van der Waals surface area contributed by atoms with Gasteiger partial charge in [-0.2, -0.15) is 0 Å². The first-order valence-corrected chi connectivity index (χ1v) is 6.23. The molecule has 2 nitrogen and oxygen atoms in total. The number of benzene rings is 1. The summed E-state index contributed by atoms with van der Waals surface area (Å²) in [7, 11) is 2.05. The number of hydrogen-bond acceptors (Lipinski definition) is 2. The van der Waals surface area contributed by atoms with Gasteiger partial charge in [-0.3, -0.25) is 9.69 Å². The largest absolute Gasteiger partial charge is 0.297 e. The number of carbonyl (C=O) groups excluding carboxylic acids is 1. The third-order valence-corrected chi connectivity index (χ3v) is 3.51. The van der Waals surface area contributed by atoms with Crippen LogP contribution in [0.2, 0.25) is 0 Å². The zero-order chi connectivity index (χ0) is 12.6. The molecule has 0 amide bonds. The zero-order valence-corrected chi connectivity index (χ0v) is 11.2. The van der Waals surface area contributed by atoms with Crippen LogP contribution in [0.5, 0.6) is 0 Å². The maximum Gasteiger partial charge on any atom is 0.159 e. The fourth-order valence-corrected chi connectivity index (χ4v) is 2.44. The van der Waals surface area contributed by atoms with Crippen LogP contribution >= 0.6 is 0 Å². The van der Waals surface area contributed by atoms with Gasteiger partial charge in [-0.1, -0.05) is 45.0 Å². The Kier molecular flexibility index (Phi) is 3.09. The maximum atomic E-state index is 12.6. The summed E-state index contributed by atoms with van der Waals surface area (Å²) < 4.78 is 0. The molecule has 0 saturated heterocycles. The molecule has 1 aromatic rings. The standard InChI is InChI=1S/C15H21NO/c1-15(2,3)14(17)13-12-8-6-5-7-11(12)9-10-16(13)4/h5-8,13H,9-10H2,1-4H3. The molecule has 1 atom stereocenters. The highest BCUT2D eigenvalue weighted by molar-refractivity contribution is 5.90. The van der Waals surface area contributed by atoms with Crippen LogP contribution in [-0.2, 0) is 11.2 Å². The second-order valence-electron chi connectivity index (χ2n) is 5.95. The number of hydrogen-bond donors (Lipinski definition) is 0. The second kappa shape index (κ2) is 4.26. The first-order chi connectivity index (χ1) is 7.91. The summed E-state index contributed by atoms with van der Waals surface area (Å²) in [4.78, 5) is 14.7. The van der Waals surface area contributed by atoms with Crippen molar-refractivity contribution in [3.05, 3.63) is 35.4 Å². The Bertz CT molecular complexity index is 431. The summed E-state index contributed by atoms with van der Waals surface area (Å²) >= 11 is 0. The molecule has 17 heavy (non-hydrogen) atoms. The van der Waals surface area contributed by atoms with Crippen molar-refractivity contribution >= 4 is 5.78 Å². The van der Waals surface area contributed by atoms with Gasteiger partial charge in [-0.25, -0.2) is 0 Å². The van der Waals surface area contributed by atoms with Crippen molar-refractivity contribution in [3.8, 4) is 0 Å². The van der Waals surface area contributed by atoms with E-state index in [-0.39, 0.29) is 11.5 Å². The van der Waals surface area contributed by atoms with Gasteiger partial charge in [0.2, 0.25) is 0 Å². The van der Waals surface area contributed by atoms with E-state index in [2.05, 4.69) is 23.1 Å². The molecule has 1 aliphatic heterocycles. The van der Waals surface area contributed by atoms with Gasteiger partial charge in [0.15, 0.2) is 5.78 Å². The van der Waals surface area contributed by atoms with E-state index < -0.39 is 0 Å². The van der Waals surface area contributed by atoms with Crippen LogP contribution in [0.25, 0.3) is 0 Å². The topological polar surface area (TPSA) is 20.3 Å². The van der Waals surface area contributed by atoms with Gasteiger partial charge in [0.25, 0.3) is 0 Å². The van der Waals surface area contributed by atoms with E-state index in [4.69, 9.17) is 0 Å². The first-order valence-electron chi connectivity index (χ1n) is 6.23. The molecule has 0 radical (unpaired) electrons. The van der Waals surface area contributed by atoms with E-state index in [0.717, 1.165) is 13.0 Å². The first kappa shape index (κ1) is 12.3. The number of carbonyl (C=O) groups is 1. The molecule has 2 rings (SSSR count). The van der Waals surface area contributed by atoms with Crippen molar-refractivity contribution in [2.24, 2.45) is 5.41 Å². The quantitative estimate of drug-likeness (QED) is 0.740. The highest BCUT2D eigenvalue weighted by Gasteiger charge is 2.36. The fraction of sp³-hybridized carbons (Fsp3) is 0.533. The molecule has 0 aromatic heterocycles. The predicted octanol–water partition coefficient (Wildman–Crippen LogP) is 2.83. The van der Waals surface area contributed by atoms with E-state index in [1.54, 1.807) is 0 Å². The van der Waals surface area contributed by atoms with Crippen molar-refractivity contribution < 1.29 is 4.79 Å². The Balaban J connectivity index is 2.43. The maximum absolute atomic E-state index is 12.6. The number of nitrogens with zero attached hydrogens (tertiary/aromatic N) is 1. The zero-order valence-electron chi connectivity index (χ0n) is 11.2. The molecule has 0 spiro atoms. The minimum absolute atomic E-state index is 0.0695. The number of likely N-dealkylation sites (N-methyl/N-ethyl adjacent to an activating group) is 1. The Morgan fingerprint density at radius 2 is 1.94 bits per heavy atom. The van der Waals surface area contributed by atoms with Crippen molar-refractivity contribution in [3.63, 3.8) is 0 Å². The van der Waals surface area contributed by atoms with Crippen molar-refractivity contribution in [2.45, 2.75) is 33.2 Å². The molecular weight excluding hydrogens is 210 g/mol. The predicted molar refractivity (Wildman–Crippen MR) is 70.0 cm³/mol. The van der Waals surface area contributed by atoms with Crippen molar-refractivity contribution in [1.82, 2.24) is 4.90 Å². The average Bonchev–Trinajstić information content (AvgIpc) is 2.27. The lowest BCUT2D eigenvalue weighted by Gasteiger charge is -2.36. The molecule has 1 aromatic carbocycles. The normalized spacial score (nSPS) is 21.1. The molecular formula is C15H21NO. The van der Waals surface area contributed by atoms with Crippen LogP contribution in [0.3, 0.4) is 0 Å². The smallest absolute Gasteiger partial charge is 0.159 e. The Morgan fingerprint density at radius 3 is 2.59 bits per heavy atom. The van der Waals surface area contributed by atoms with Gasteiger partial charge in [-0.05, 0) is 24.6 Å². The van der Waals surface area contributed by atoms with Gasteiger partial charge in [-0.15, -0.1) is 0 Å².